The van der Waals surface area contributed by atoms with Gasteiger partial charge in [0.25, 0.3) is 0 Å². The summed E-state index contributed by atoms with van der Waals surface area (Å²) in [7, 11) is 9.78. The molecule has 0 bridgehead atoms. The van der Waals surface area contributed by atoms with E-state index in [1.807, 2.05) is 0 Å². The number of benzene rings is 1. The zero-order valence-electron chi connectivity index (χ0n) is 18.7. The standard InChI is InChI=1S/C23H38O.2ClH.Ti/c1-13-14(2)16(4)20(15(13)3)18-11-17(22(5,6)7)12-19(21(18)24)23(8,9)10;;;/h11-16,20,24H,1-10H3;2*1H;/q;;;+2/p-2. The second kappa shape index (κ2) is 9.42. The van der Waals surface area contributed by atoms with Gasteiger partial charge in [0.15, 0.2) is 0 Å². The summed E-state index contributed by atoms with van der Waals surface area (Å²) in [6.07, 6.45) is 0. The van der Waals surface area contributed by atoms with Crippen LogP contribution in [0.25, 0.3) is 0 Å². The van der Waals surface area contributed by atoms with Crippen molar-refractivity contribution >= 4 is 18.6 Å². The van der Waals surface area contributed by atoms with Crippen molar-refractivity contribution in [3.05, 3.63) is 28.8 Å². The Kier molecular flexibility index (Phi) is 8.84. The van der Waals surface area contributed by atoms with Crippen molar-refractivity contribution in [3.8, 4) is 5.75 Å². The van der Waals surface area contributed by atoms with E-state index in [0.717, 1.165) is 5.56 Å². The van der Waals surface area contributed by atoms with Crippen molar-refractivity contribution in [1.29, 1.82) is 0 Å². The van der Waals surface area contributed by atoms with Gasteiger partial charge in [0, 0.05) is 0 Å². The van der Waals surface area contributed by atoms with E-state index in [1.54, 1.807) is 0 Å². The Morgan fingerprint density at radius 3 is 1.52 bits per heavy atom. The minimum atomic E-state index is -0.556. The van der Waals surface area contributed by atoms with Gasteiger partial charge in [-0.2, -0.15) is 0 Å². The maximum atomic E-state index is 11.2. The molecule has 4 atom stereocenters. The van der Waals surface area contributed by atoms with Gasteiger partial charge in [-0.25, -0.2) is 0 Å². The van der Waals surface area contributed by atoms with Crippen LogP contribution in [0.3, 0.4) is 0 Å². The number of aromatic hydroxyl groups is 1. The predicted octanol–water partition coefficient (Wildman–Crippen LogP) is 8.01. The summed E-state index contributed by atoms with van der Waals surface area (Å²) in [6.45, 7) is 22.9. The van der Waals surface area contributed by atoms with E-state index in [2.05, 4.69) is 81.4 Å². The number of phenolic OH excluding ortho intramolecular Hbond substituents is 1. The topological polar surface area (TPSA) is 20.2 Å². The van der Waals surface area contributed by atoms with Crippen LogP contribution in [-0.2, 0) is 27.9 Å². The van der Waals surface area contributed by atoms with Crippen molar-refractivity contribution in [2.24, 2.45) is 23.7 Å². The van der Waals surface area contributed by atoms with E-state index < -0.39 is 17.0 Å². The van der Waals surface area contributed by atoms with Crippen molar-refractivity contribution in [2.75, 3.05) is 0 Å². The van der Waals surface area contributed by atoms with E-state index in [4.69, 9.17) is 18.6 Å². The van der Waals surface area contributed by atoms with Crippen molar-refractivity contribution < 1.29 is 22.1 Å². The SMILES string of the molecule is CC1C(C)C(C)C(c2cc(C(C)(C)C)cc(C(C)(C)C)c2O)C1C.[Cl][Ti][Cl]. The summed E-state index contributed by atoms with van der Waals surface area (Å²) in [6, 6.07) is 4.53. The summed E-state index contributed by atoms with van der Waals surface area (Å²) in [5, 5.41) is 11.2. The Labute approximate surface area is 184 Å². The van der Waals surface area contributed by atoms with Crippen LogP contribution < -0.4 is 0 Å². The van der Waals surface area contributed by atoms with E-state index in [-0.39, 0.29) is 10.8 Å². The molecule has 1 N–H and O–H groups in total. The molecule has 154 valence electrons. The maximum absolute atomic E-state index is 11.2. The molecule has 1 saturated carbocycles. The van der Waals surface area contributed by atoms with Crippen LogP contribution in [0.1, 0.15) is 91.8 Å². The first-order valence-electron chi connectivity index (χ1n) is 10.0. The van der Waals surface area contributed by atoms with Crippen molar-refractivity contribution in [3.63, 3.8) is 0 Å². The summed E-state index contributed by atoms with van der Waals surface area (Å²) in [5.41, 5.74) is 3.65. The monoisotopic (exact) mass is 448 g/mol. The first-order chi connectivity index (χ1) is 12.2. The van der Waals surface area contributed by atoms with Gasteiger partial charge in [-0.15, -0.1) is 0 Å². The van der Waals surface area contributed by atoms with Crippen LogP contribution in [0, 0.1) is 23.7 Å². The van der Waals surface area contributed by atoms with Gasteiger partial charge >= 0.3 is 35.6 Å². The summed E-state index contributed by atoms with van der Waals surface area (Å²) >= 11 is -0.556. The molecule has 1 aliphatic carbocycles. The fourth-order valence-electron chi connectivity index (χ4n) is 4.57. The minimum absolute atomic E-state index is 0.0532. The quantitative estimate of drug-likeness (QED) is 0.431. The number of phenols is 1. The molecule has 0 heterocycles. The fraction of sp³-hybridized carbons (Fsp3) is 0.739. The average Bonchev–Trinajstić information content (AvgIpc) is 2.70. The van der Waals surface area contributed by atoms with E-state index in [1.165, 1.54) is 11.1 Å². The zero-order chi connectivity index (χ0) is 21.3. The van der Waals surface area contributed by atoms with Crippen LogP contribution in [0.15, 0.2) is 12.1 Å². The molecule has 2 rings (SSSR count). The van der Waals surface area contributed by atoms with Gasteiger partial charge in [0.05, 0.1) is 0 Å². The molecular formula is C23H38Cl2OTi. The van der Waals surface area contributed by atoms with E-state index in [0.29, 0.717) is 35.3 Å². The third-order valence-electron chi connectivity index (χ3n) is 6.79. The number of halogens is 2. The van der Waals surface area contributed by atoms with Gasteiger partial charge in [-0.3, -0.25) is 0 Å². The van der Waals surface area contributed by atoms with Gasteiger partial charge in [-0.1, -0.05) is 81.4 Å². The molecule has 27 heavy (non-hydrogen) atoms. The van der Waals surface area contributed by atoms with Crippen LogP contribution in [0.5, 0.6) is 5.75 Å². The first kappa shape index (κ1) is 25.4. The molecule has 0 aromatic heterocycles. The average molecular weight is 449 g/mol. The summed E-state index contributed by atoms with van der Waals surface area (Å²) < 4.78 is 0. The second-order valence-corrected chi connectivity index (χ2v) is 13.1. The predicted molar refractivity (Wildman–Crippen MR) is 117 cm³/mol. The Balaban J connectivity index is 0.00000114. The molecule has 1 aromatic rings. The van der Waals surface area contributed by atoms with E-state index in [9.17, 15) is 5.11 Å². The molecular weight excluding hydrogens is 411 g/mol. The van der Waals surface area contributed by atoms with Gasteiger partial charge in [0.1, 0.15) is 5.75 Å². The summed E-state index contributed by atoms with van der Waals surface area (Å²) in [5.74, 6) is 3.58. The molecule has 1 aromatic carbocycles. The zero-order valence-corrected chi connectivity index (χ0v) is 21.8. The Hall–Kier alpha value is 0.314. The van der Waals surface area contributed by atoms with Crippen LogP contribution in [0.2, 0.25) is 0 Å². The molecule has 1 fully saturated rings. The molecule has 4 heteroatoms. The molecule has 0 radical (unpaired) electrons. The number of hydrogen-bond donors (Lipinski definition) is 1. The fourth-order valence-corrected chi connectivity index (χ4v) is 4.57. The second-order valence-electron chi connectivity index (χ2n) is 10.5. The van der Waals surface area contributed by atoms with Crippen LogP contribution >= 0.6 is 18.6 Å². The number of hydrogen-bond acceptors (Lipinski definition) is 1. The number of rotatable bonds is 1. The van der Waals surface area contributed by atoms with E-state index >= 15 is 0 Å². The van der Waals surface area contributed by atoms with Crippen LogP contribution in [0.4, 0.5) is 0 Å². The van der Waals surface area contributed by atoms with Crippen LogP contribution in [-0.4, -0.2) is 5.11 Å². The molecule has 0 saturated heterocycles. The first-order valence-corrected chi connectivity index (χ1v) is 14.3. The molecule has 0 amide bonds. The summed E-state index contributed by atoms with van der Waals surface area (Å²) in [4.78, 5) is 0. The normalized spacial score (nSPS) is 28.5. The molecule has 0 aliphatic heterocycles. The Morgan fingerprint density at radius 1 is 0.778 bits per heavy atom. The third kappa shape index (κ3) is 5.68. The van der Waals surface area contributed by atoms with Crippen molar-refractivity contribution in [2.45, 2.75) is 86.0 Å². The third-order valence-corrected chi connectivity index (χ3v) is 6.79. The molecule has 4 unspecified atom stereocenters. The Morgan fingerprint density at radius 2 is 1.19 bits per heavy atom. The van der Waals surface area contributed by atoms with Gasteiger partial charge in [-0.05, 0) is 57.1 Å². The Bertz CT molecular complexity index is 616. The molecule has 1 nitrogen and oxygen atoms in total. The molecule has 1 aliphatic rings. The van der Waals surface area contributed by atoms with Crippen molar-refractivity contribution in [1.82, 2.24) is 0 Å². The van der Waals surface area contributed by atoms with Gasteiger partial charge < -0.3 is 5.11 Å². The molecule has 0 spiro atoms. The van der Waals surface area contributed by atoms with Gasteiger partial charge in [0.2, 0.25) is 0 Å².